The van der Waals surface area contributed by atoms with Crippen molar-refractivity contribution in [2.24, 2.45) is 0 Å². The lowest BCUT2D eigenvalue weighted by Gasteiger charge is -2.16. The standard InChI is InChI=1S/C26H22N2O5/c1-17(25(31)27-22-10-6-5-9-21(22)18-7-3-2-4-8-18)33-26(32)19-11-13-20(14-12-19)28-23(29)15-16-24(28)30/h2-14,17H,15-16H2,1H3,(H,27,31). The van der Waals surface area contributed by atoms with E-state index in [2.05, 4.69) is 5.32 Å². The molecule has 0 spiro atoms. The summed E-state index contributed by atoms with van der Waals surface area (Å²) in [5.41, 5.74) is 3.03. The molecule has 0 saturated carbocycles. The number of anilines is 2. The zero-order valence-corrected chi connectivity index (χ0v) is 18.0. The van der Waals surface area contributed by atoms with Crippen LogP contribution in [0.5, 0.6) is 0 Å². The molecular formula is C26H22N2O5. The van der Waals surface area contributed by atoms with Gasteiger partial charge in [-0.15, -0.1) is 0 Å². The van der Waals surface area contributed by atoms with Crippen LogP contribution in [0.25, 0.3) is 11.1 Å². The third-order valence-corrected chi connectivity index (χ3v) is 5.34. The van der Waals surface area contributed by atoms with Crippen molar-refractivity contribution in [3.63, 3.8) is 0 Å². The van der Waals surface area contributed by atoms with Gasteiger partial charge in [0.05, 0.1) is 11.3 Å². The van der Waals surface area contributed by atoms with E-state index in [1.165, 1.54) is 31.2 Å². The zero-order valence-electron chi connectivity index (χ0n) is 18.0. The van der Waals surface area contributed by atoms with Gasteiger partial charge in [0, 0.05) is 24.1 Å². The number of carbonyl (C=O) groups is 4. The summed E-state index contributed by atoms with van der Waals surface area (Å²) >= 11 is 0. The van der Waals surface area contributed by atoms with Crippen LogP contribution in [-0.2, 0) is 19.1 Å². The average Bonchev–Trinajstić information content (AvgIpc) is 3.17. The predicted octanol–water partition coefficient (Wildman–Crippen LogP) is 4.19. The molecule has 4 rings (SSSR count). The molecule has 166 valence electrons. The number of esters is 1. The van der Waals surface area contributed by atoms with E-state index in [0.29, 0.717) is 11.4 Å². The lowest BCUT2D eigenvalue weighted by atomic mass is 10.0. The maximum absolute atomic E-state index is 12.7. The number of para-hydroxylation sites is 1. The van der Waals surface area contributed by atoms with Gasteiger partial charge < -0.3 is 10.1 Å². The van der Waals surface area contributed by atoms with Crippen LogP contribution in [0.15, 0.2) is 78.9 Å². The molecule has 0 bridgehead atoms. The second-order valence-electron chi connectivity index (χ2n) is 7.62. The van der Waals surface area contributed by atoms with Crippen molar-refractivity contribution < 1.29 is 23.9 Å². The van der Waals surface area contributed by atoms with Gasteiger partial charge in [-0.3, -0.25) is 19.3 Å². The molecule has 1 saturated heterocycles. The lowest BCUT2D eigenvalue weighted by Crippen LogP contribution is -2.30. The van der Waals surface area contributed by atoms with E-state index in [-0.39, 0.29) is 30.2 Å². The number of benzene rings is 3. The topological polar surface area (TPSA) is 92.8 Å². The van der Waals surface area contributed by atoms with Crippen LogP contribution >= 0.6 is 0 Å². The fourth-order valence-electron chi connectivity index (χ4n) is 3.59. The number of hydrogen-bond donors (Lipinski definition) is 1. The number of nitrogens with zero attached hydrogens (tertiary/aromatic N) is 1. The molecule has 0 radical (unpaired) electrons. The summed E-state index contributed by atoms with van der Waals surface area (Å²) in [6, 6.07) is 23.0. The molecule has 3 aromatic rings. The number of carbonyl (C=O) groups excluding carboxylic acids is 4. The largest absolute Gasteiger partial charge is 0.449 e. The number of hydrogen-bond acceptors (Lipinski definition) is 5. The molecule has 7 nitrogen and oxygen atoms in total. The molecule has 3 aromatic carbocycles. The van der Waals surface area contributed by atoms with Crippen molar-refractivity contribution in [1.29, 1.82) is 0 Å². The van der Waals surface area contributed by atoms with Gasteiger partial charge in [-0.2, -0.15) is 0 Å². The van der Waals surface area contributed by atoms with E-state index in [0.717, 1.165) is 16.0 Å². The first-order valence-corrected chi connectivity index (χ1v) is 10.6. The Balaban J connectivity index is 1.41. The minimum absolute atomic E-state index is 0.183. The van der Waals surface area contributed by atoms with Gasteiger partial charge in [-0.05, 0) is 42.8 Å². The molecule has 1 atom stereocenters. The summed E-state index contributed by atoms with van der Waals surface area (Å²) in [6.45, 7) is 1.49. The molecule has 7 heteroatoms. The molecule has 33 heavy (non-hydrogen) atoms. The first kappa shape index (κ1) is 22.0. The zero-order chi connectivity index (χ0) is 23.4. The Labute approximate surface area is 191 Å². The highest BCUT2D eigenvalue weighted by Gasteiger charge is 2.30. The van der Waals surface area contributed by atoms with Crippen molar-refractivity contribution in [1.82, 2.24) is 0 Å². The van der Waals surface area contributed by atoms with Crippen molar-refractivity contribution >= 4 is 35.1 Å². The molecule has 1 unspecified atom stereocenters. The highest BCUT2D eigenvalue weighted by molar-refractivity contribution is 6.19. The van der Waals surface area contributed by atoms with Gasteiger partial charge in [-0.1, -0.05) is 48.5 Å². The van der Waals surface area contributed by atoms with Gasteiger partial charge in [-0.25, -0.2) is 4.79 Å². The van der Waals surface area contributed by atoms with E-state index in [9.17, 15) is 19.2 Å². The number of ether oxygens (including phenoxy) is 1. The fourth-order valence-corrected chi connectivity index (χ4v) is 3.59. The predicted molar refractivity (Wildman–Crippen MR) is 124 cm³/mol. The van der Waals surface area contributed by atoms with E-state index >= 15 is 0 Å². The molecule has 1 N–H and O–H groups in total. The normalized spacial score (nSPS) is 14.2. The summed E-state index contributed by atoms with van der Waals surface area (Å²) in [5, 5.41) is 2.82. The summed E-state index contributed by atoms with van der Waals surface area (Å²) in [6.07, 6.45) is -0.673. The SMILES string of the molecule is CC(OC(=O)c1ccc(N2C(=O)CCC2=O)cc1)C(=O)Nc1ccccc1-c1ccccc1. The van der Waals surface area contributed by atoms with E-state index < -0.39 is 18.0 Å². The van der Waals surface area contributed by atoms with E-state index in [1.807, 2.05) is 48.5 Å². The monoisotopic (exact) mass is 442 g/mol. The molecule has 1 heterocycles. The van der Waals surface area contributed by atoms with Crippen LogP contribution < -0.4 is 10.2 Å². The van der Waals surface area contributed by atoms with Gasteiger partial charge in [0.15, 0.2) is 6.10 Å². The minimum Gasteiger partial charge on any atom is -0.449 e. The molecule has 1 aliphatic rings. The number of imide groups is 1. The van der Waals surface area contributed by atoms with Crippen molar-refractivity contribution in [2.75, 3.05) is 10.2 Å². The number of nitrogens with one attached hydrogen (secondary N) is 1. The molecule has 3 amide bonds. The number of amides is 3. The van der Waals surface area contributed by atoms with Gasteiger partial charge >= 0.3 is 5.97 Å². The minimum atomic E-state index is -1.04. The summed E-state index contributed by atoms with van der Waals surface area (Å²) in [4.78, 5) is 50.0. The highest BCUT2D eigenvalue weighted by atomic mass is 16.5. The Bertz CT molecular complexity index is 1190. The highest BCUT2D eigenvalue weighted by Crippen LogP contribution is 2.28. The third-order valence-electron chi connectivity index (χ3n) is 5.34. The molecular weight excluding hydrogens is 420 g/mol. The Morgan fingerprint density at radius 1 is 0.848 bits per heavy atom. The lowest BCUT2D eigenvalue weighted by molar-refractivity contribution is -0.124. The second-order valence-corrected chi connectivity index (χ2v) is 7.62. The van der Waals surface area contributed by atoms with Gasteiger partial charge in [0.2, 0.25) is 11.8 Å². The van der Waals surface area contributed by atoms with Crippen molar-refractivity contribution in [3.05, 3.63) is 84.4 Å². The second kappa shape index (κ2) is 9.48. The Morgan fingerprint density at radius 3 is 2.12 bits per heavy atom. The maximum atomic E-state index is 12.7. The van der Waals surface area contributed by atoms with Crippen molar-refractivity contribution in [2.45, 2.75) is 25.9 Å². The van der Waals surface area contributed by atoms with Crippen LogP contribution in [0.3, 0.4) is 0 Å². The van der Waals surface area contributed by atoms with E-state index in [4.69, 9.17) is 4.74 Å². The fraction of sp³-hybridized carbons (Fsp3) is 0.154. The molecule has 0 aliphatic carbocycles. The summed E-state index contributed by atoms with van der Waals surface area (Å²) in [7, 11) is 0. The summed E-state index contributed by atoms with van der Waals surface area (Å²) < 4.78 is 5.33. The Morgan fingerprint density at radius 2 is 1.45 bits per heavy atom. The molecule has 1 fully saturated rings. The molecule has 1 aliphatic heterocycles. The first-order valence-electron chi connectivity index (χ1n) is 10.6. The van der Waals surface area contributed by atoms with Gasteiger partial charge in [0.25, 0.3) is 5.91 Å². The van der Waals surface area contributed by atoms with Crippen molar-refractivity contribution in [3.8, 4) is 11.1 Å². The van der Waals surface area contributed by atoms with E-state index in [1.54, 1.807) is 6.07 Å². The van der Waals surface area contributed by atoms with Crippen LogP contribution in [-0.4, -0.2) is 29.8 Å². The number of rotatable bonds is 6. The Kier molecular flexibility index (Phi) is 6.31. The first-order chi connectivity index (χ1) is 15.9. The third kappa shape index (κ3) is 4.82. The van der Waals surface area contributed by atoms with Gasteiger partial charge in [0.1, 0.15) is 0 Å². The van der Waals surface area contributed by atoms with Crippen LogP contribution in [0.1, 0.15) is 30.1 Å². The van der Waals surface area contributed by atoms with Crippen LogP contribution in [0.2, 0.25) is 0 Å². The summed E-state index contributed by atoms with van der Waals surface area (Å²) in [5.74, 6) is -1.68. The average molecular weight is 442 g/mol. The molecule has 0 aromatic heterocycles. The van der Waals surface area contributed by atoms with Crippen LogP contribution in [0, 0.1) is 0 Å². The maximum Gasteiger partial charge on any atom is 0.338 e. The smallest absolute Gasteiger partial charge is 0.338 e. The Hall–Kier alpha value is -4.26. The quantitative estimate of drug-likeness (QED) is 0.456. The van der Waals surface area contributed by atoms with Crippen LogP contribution in [0.4, 0.5) is 11.4 Å².